The first kappa shape index (κ1) is 21.4. The van der Waals surface area contributed by atoms with Crippen LogP contribution in [0.3, 0.4) is 0 Å². The number of rotatable bonds is 2. The van der Waals surface area contributed by atoms with E-state index in [-0.39, 0.29) is 28.1 Å². The third-order valence-corrected chi connectivity index (χ3v) is 14.8. The number of carbonyl (C=O) groups excluding carboxylic acids is 1. The molecule has 2 saturated heterocycles. The fraction of sp³-hybridized carbons (Fsp3) is 0.958. The molecule has 5 aliphatic rings. The lowest BCUT2D eigenvalue weighted by Crippen LogP contribution is -2.61. The van der Waals surface area contributed by atoms with Crippen molar-refractivity contribution in [2.45, 2.75) is 139 Å². The molecule has 3 aliphatic carbocycles. The summed E-state index contributed by atoms with van der Waals surface area (Å²) in [5.74, 6) is -0.106. The second-order valence-electron chi connectivity index (χ2n) is 12.8. The normalized spacial score (nSPS) is 50.5. The molecule has 0 bridgehead atoms. The monoisotopic (exact) mass is 436 g/mol. The zero-order valence-corrected chi connectivity index (χ0v) is 20.7. The SMILES string of the molecule is CC(C)(C)[Si](C)(C)O[C@H]1CC[C@]23O[C@]24CCC[C@@]2(CCC(=O)O2)C[C@@]4(O)CC[C@]13C. The van der Waals surface area contributed by atoms with E-state index in [9.17, 15) is 9.90 Å². The molecule has 0 aromatic heterocycles. The summed E-state index contributed by atoms with van der Waals surface area (Å²) >= 11 is 0. The summed E-state index contributed by atoms with van der Waals surface area (Å²) in [6.07, 6.45) is 8.23. The van der Waals surface area contributed by atoms with Gasteiger partial charge in [-0.3, -0.25) is 4.79 Å². The number of ether oxygens (including phenoxy) is 2. The van der Waals surface area contributed by atoms with Crippen LogP contribution in [0, 0.1) is 5.41 Å². The van der Waals surface area contributed by atoms with Gasteiger partial charge in [-0.2, -0.15) is 0 Å². The van der Waals surface area contributed by atoms with Crippen LogP contribution in [0.4, 0.5) is 0 Å². The molecule has 0 amide bonds. The van der Waals surface area contributed by atoms with E-state index in [0.29, 0.717) is 19.3 Å². The number of esters is 1. The number of epoxide rings is 1. The molecule has 2 heterocycles. The van der Waals surface area contributed by atoms with Gasteiger partial charge in [0.2, 0.25) is 0 Å². The van der Waals surface area contributed by atoms with Crippen molar-refractivity contribution in [2.75, 3.05) is 0 Å². The maximum atomic E-state index is 12.0. The van der Waals surface area contributed by atoms with Gasteiger partial charge in [0.15, 0.2) is 8.32 Å². The van der Waals surface area contributed by atoms with Crippen molar-refractivity contribution < 1.29 is 23.8 Å². The Labute approximate surface area is 182 Å². The molecular formula is C24H40O5Si. The highest BCUT2D eigenvalue weighted by Gasteiger charge is 2.88. The highest BCUT2D eigenvalue weighted by molar-refractivity contribution is 6.74. The summed E-state index contributed by atoms with van der Waals surface area (Å²) in [6.45, 7) is 13.9. The average Bonchev–Trinajstić information content (AvgIpc) is 3.12. The highest BCUT2D eigenvalue weighted by Crippen LogP contribution is 2.78. The molecule has 30 heavy (non-hydrogen) atoms. The lowest BCUT2D eigenvalue weighted by Gasteiger charge is -2.50. The molecule has 5 rings (SSSR count). The Morgan fingerprint density at radius 2 is 1.80 bits per heavy atom. The zero-order valence-electron chi connectivity index (χ0n) is 19.7. The van der Waals surface area contributed by atoms with Gasteiger partial charge in [-0.25, -0.2) is 0 Å². The van der Waals surface area contributed by atoms with Crippen molar-refractivity contribution in [1.29, 1.82) is 0 Å². The third kappa shape index (κ3) is 2.48. The van der Waals surface area contributed by atoms with Crippen LogP contribution < -0.4 is 0 Å². The molecule has 1 N–H and O–H groups in total. The molecule has 2 aliphatic heterocycles. The second-order valence-corrected chi connectivity index (χ2v) is 17.6. The minimum Gasteiger partial charge on any atom is -0.459 e. The van der Waals surface area contributed by atoms with Gasteiger partial charge in [-0.05, 0) is 69.5 Å². The molecule has 3 saturated carbocycles. The van der Waals surface area contributed by atoms with Gasteiger partial charge in [-0.1, -0.05) is 27.7 Å². The maximum absolute atomic E-state index is 12.0. The molecule has 6 heteroatoms. The number of aliphatic hydroxyl groups is 1. The van der Waals surface area contributed by atoms with E-state index in [2.05, 4.69) is 40.8 Å². The summed E-state index contributed by atoms with van der Waals surface area (Å²) in [5.41, 5.74) is -2.21. The van der Waals surface area contributed by atoms with E-state index in [4.69, 9.17) is 13.9 Å². The van der Waals surface area contributed by atoms with Crippen molar-refractivity contribution in [3.8, 4) is 0 Å². The third-order valence-electron chi connectivity index (χ3n) is 10.3. The summed E-state index contributed by atoms with van der Waals surface area (Å²) in [6, 6.07) is 0. The molecule has 5 fully saturated rings. The highest BCUT2D eigenvalue weighted by atomic mass is 28.4. The van der Waals surface area contributed by atoms with Crippen molar-refractivity contribution in [3.63, 3.8) is 0 Å². The van der Waals surface area contributed by atoms with Crippen LogP contribution in [0.25, 0.3) is 0 Å². The van der Waals surface area contributed by atoms with Crippen LogP contribution in [-0.4, -0.2) is 47.9 Å². The first-order valence-corrected chi connectivity index (χ1v) is 15.0. The Morgan fingerprint density at radius 1 is 1.07 bits per heavy atom. The number of carbonyl (C=O) groups is 1. The second kappa shape index (κ2) is 5.92. The van der Waals surface area contributed by atoms with E-state index in [0.717, 1.165) is 44.9 Å². The summed E-state index contributed by atoms with van der Waals surface area (Å²) in [7, 11) is -1.89. The Balaban J connectivity index is 1.45. The van der Waals surface area contributed by atoms with Crippen LogP contribution in [0.15, 0.2) is 0 Å². The summed E-state index contributed by atoms with van der Waals surface area (Å²) in [5, 5.41) is 12.2. The minimum absolute atomic E-state index is 0.0569. The predicted octanol–water partition coefficient (Wildman–Crippen LogP) is 4.86. The van der Waals surface area contributed by atoms with Gasteiger partial charge in [0.25, 0.3) is 0 Å². The zero-order chi connectivity index (χ0) is 21.8. The Kier molecular flexibility index (Phi) is 4.22. The van der Waals surface area contributed by atoms with Crippen molar-refractivity contribution >= 4 is 14.3 Å². The molecule has 5 nitrogen and oxygen atoms in total. The van der Waals surface area contributed by atoms with Crippen molar-refractivity contribution in [1.82, 2.24) is 0 Å². The van der Waals surface area contributed by atoms with Gasteiger partial charge in [-0.15, -0.1) is 0 Å². The topological polar surface area (TPSA) is 68.3 Å². The van der Waals surface area contributed by atoms with Crippen LogP contribution in [0.1, 0.15) is 91.9 Å². The first-order chi connectivity index (χ1) is 13.7. The Bertz CT molecular complexity index is 776. The van der Waals surface area contributed by atoms with E-state index in [1.54, 1.807) is 0 Å². The molecule has 0 unspecified atom stereocenters. The van der Waals surface area contributed by atoms with E-state index < -0.39 is 25.1 Å². The van der Waals surface area contributed by atoms with Crippen LogP contribution in [-0.2, 0) is 18.7 Å². The summed E-state index contributed by atoms with van der Waals surface area (Å²) in [4.78, 5) is 11.9. The number of hydrogen-bond acceptors (Lipinski definition) is 5. The molecule has 3 spiro atoms. The smallest absolute Gasteiger partial charge is 0.306 e. The Hall–Kier alpha value is -0.433. The minimum atomic E-state index is -1.89. The van der Waals surface area contributed by atoms with Gasteiger partial charge in [0.1, 0.15) is 22.4 Å². The first-order valence-electron chi connectivity index (χ1n) is 12.1. The van der Waals surface area contributed by atoms with Gasteiger partial charge >= 0.3 is 5.97 Å². The fourth-order valence-corrected chi connectivity index (χ4v) is 8.94. The Morgan fingerprint density at radius 3 is 2.43 bits per heavy atom. The molecule has 0 radical (unpaired) electrons. The largest absolute Gasteiger partial charge is 0.459 e. The molecule has 0 aromatic rings. The van der Waals surface area contributed by atoms with Crippen molar-refractivity contribution in [2.24, 2.45) is 5.41 Å². The average molecular weight is 437 g/mol. The van der Waals surface area contributed by atoms with Gasteiger partial charge in [0.05, 0.1) is 6.10 Å². The quantitative estimate of drug-likeness (QED) is 0.380. The predicted molar refractivity (Wildman–Crippen MR) is 117 cm³/mol. The van der Waals surface area contributed by atoms with Crippen LogP contribution in [0.5, 0.6) is 0 Å². The summed E-state index contributed by atoms with van der Waals surface area (Å²) < 4.78 is 19.6. The van der Waals surface area contributed by atoms with Crippen molar-refractivity contribution in [3.05, 3.63) is 0 Å². The lowest BCUT2D eigenvalue weighted by atomic mass is 9.56. The van der Waals surface area contributed by atoms with Crippen LogP contribution in [0.2, 0.25) is 18.1 Å². The lowest BCUT2D eigenvalue weighted by molar-refractivity contribution is -0.158. The standard InChI is InChI=1S/C24H40O5Si/c1-19(2,3)30(5,6)28-17-8-13-23-20(17,4)14-15-22(26)16-21(12-9-18(25)27-21)10-7-11-24(22,23)29-23/h17,26H,7-16H2,1-6H3/t17-,20+,21+,22-,23+,24-/m0/s1. The molecular weight excluding hydrogens is 396 g/mol. The van der Waals surface area contributed by atoms with Gasteiger partial charge in [0, 0.05) is 18.3 Å². The molecule has 0 aromatic carbocycles. The molecule has 170 valence electrons. The van der Waals surface area contributed by atoms with E-state index in [1.165, 1.54) is 0 Å². The maximum Gasteiger partial charge on any atom is 0.306 e. The number of hydrogen-bond donors (Lipinski definition) is 1. The fourth-order valence-electron chi connectivity index (χ4n) is 7.50. The van der Waals surface area contributed by atoms with Gasteiger partial charge < -0.3 is 19.0 Å². The van der Waals surface area contributed by atoms with E-state index in [1.807, 2.05) is 0 Å². The van der Waals surface area contributed by atoms with E-state index >= 15 is 0 Å². The molecule has 6 atom stereocenters. The van der Waals surface area contributed by atoms with Crippen LogP contribution >= 0.6 is 0 Å².